The van der Waals surface area contributed by atoms with Gasteiger partial charge in [-0.2, -0.15) is 0 Å². The number of hydrogen-bond donors (Lipinski definition) is 4. The van der Waals surface area contributed by atoms with Crippen LogP contribution >= 0.6 is 0 Å². The van der Waals surface area contributed by atoms with E-state index in [9.17, 15) is 14.4 Å². The predicted molar refractivity (Wildman–Crippen MR) is 156 cm³/mol. The van der Waals surface area contributed by atoms with Crippen LogP contribution in [0.2, 0.25) is 0 Å². The van der Waals surface area contributed by atoms with Gasteiger partial charge in [0.05, 0.1) is 0 Å². The molecule has 5 N–H and O–H groups in total. The van der Waals surface area contributed by atoms with Crippen LogP contribution in [0, 0.1) is 0 Å². The summed E-state index contributed by atoms with van der Waals surface area (Å²) in [6, 6.07) is 14.8. The highest BCUT2D eigenvalue weighted by molar-refractivity contribution is 5.92. The van der Waals surface area contributed by atoms with E-state index in [-0.39, 0.29) is 18.5 Å². The maximum Gasteiger partial charge on any atom is 0.407 e. The molecule has 0 fully saturated rings. The van der Waals surface area contributed by atoms with Crippen LogP contribution < -0.4 is 21.7 Å². The van der Waals surface area contributed by atoms with Crippen LogP contribution in [0.1, 0.15) is 52.7 Å². The number of alkyl carbamates (subject to hydrolysis) is 2. The highest BCUT2D eigenvalue weighted by atomic mass is 16.6. The molecular weight excluding hydrogens is 514 g/mol. The Balaban J connectivity index is 0.000000418. The van der Waals surface area contributed by atoms with Crippen molar-refractivity contribution in [3.8, 4) is 0 Å². The molecule has 0 heterocycles. The minimum atomic E-state index is -0.514. The summed E-state index contributed by atoms with van der Waals surface area (Å²) >= 11 is 0. The second-order valence-electron chi connectivity index (χ2n) is 10.7. The zero-order chi connectivity index (χ0) is 30.2. The van der Waals surface area contributed by atoms with Crippen molar-refractivity contribution in [3.63, 3.8) is 0 Å². The first kappa shape index (κ1) is 33.6. The average molecular weight is 556 g/mol. The number of nitrogens with zero attached hydrogens (tertiary/aromatic N) is 3. The average Bonchev–Trinajstić information content (AvgIpc) is 2.83. The van der Waals surface area contributed by atoms with E-state index in [2.05, 4.69) is 26.0 Å². The van der Waals surface area contributed by atoms with Gasteiger partial charge in [-0.1, -0.05) is 29.4 Å². The molecule has 2 rings (SSSR count). The molecule has 40 heavy (non-hydrogen) atoms. The number of amides is 3. The van der Waals surface area contributed by atoms with Crippen LogP contribution in [0.4, 0.5) is 21.0 Å². The highest BCUT2D eigenvalue weighted by Gasteiger charge is 2.16. The maximum atomic E-state index is 11.5. The maximum absolute atomic E-state index is 11.5. The second-order valence-corrected chi connectivity index (χ2v) is 10.7. The number of benzene rings is 2. The smallest absolute Gasteiger partial charge is 0.407 e. The number of ether oxygens (including phenoxy) is 2. The number of anilines is 2. The predicted octanol–water partition coefficient (Wildman–Crippen LogP) is 5.34. The van der Waals surface area contributed by atoms with E-state index in [4.69, 9.17) is 20.7 Å². The number of carbonyl (C=O) groups is 3. The van der Waals surface area contributed by atoms with Gasteiger partial charge in [-0.25, -0.2) is 9.59 Å². The Morgan fingerprint density at radius 3 is 1.62 bits per heavy atom. The number of nitrogen functional groups attached to an aromatic ring is 1. The van der Waals surface area contributed by atoms with Gasteiger partial charge in [0.2, 0.25) is 5.91 Å². The van der Waals surface area contributed by atoms with Crippen molar-refractivity contribution in [1.29, 1.82) is 0 Å². The van der Waals surface area contributed by atoms with Gasteiger partial charge in [0, 0.05) is 29.4 Å². The summed E-state index contributed by atoms with van der Waals surface area (Å²) in [5.41, 5.74) is 16.3. The van der Waals surface area contributed by atoms with Crippen LogP contribution in [-0.2, 0) is 27.1 Å². The lowest BCUT2D eigenvalue weighted by atomic mass is 10.1. The molecule has 2 aromatic rings. The molecule has 0 atom stereocenters. The Morgan fingerprint density at radius 1 is 0.800 bits per heavy atom. The monoisotopic (exact) mass is 555 g/mol. The van der Waals surface area contributed by atoms with E-state index >= 15 is 0 Å². The van der Waals surface area contributed by atoms with Crippen LogP contribution in [0.3, 0.4) is 0 Å². The Labute approximate surface area is 235 Å². The molecule has 0 aliphatic rings. The summed E-state index contributed by atoms with van der Waals surface area (Å²) < 4.78 is 10.3. The Bertz CT molecular complexity index is 1130. The van der Waals surface area contributed by atoms with Crippen molar-refractivity contribution in [2.24, 2.45) is 5.11 Å². The molecule has 0 bridgehead atoms. The van der Waals surface area contributed by atoms with Gasteiger partial charge in [0.1, 0.15) is 17.7 Å². The van der Waals surface area contributed by atoms with Crippen molar-refractivity contribution < 1.29 is 23.9 Å². The molecule has 12 nitrogen and oxygen atoms in total. The number of azide groups is 1. The lowest BCUT2D eigenvalue weighted by Crippen LogP contribution is -2.33. The zero-order valence-corrected chi connectivity index (χ0v) is 24.1. The third-order valence-corrected chi connectivity index (χ3v) is 4.66. The summed E-state index contributed by atoms with van der Waals surface area (Å²) in [5, 5.41) is 11.2. The summed E-state index contributed by atoms with van der Waals surface area (Å²) in [6.45, 7) is 11.7. The first-order valence-electron chi connectivity index (χ1n) is 12.8. The molecule has 2 aromatic carbocycles. The van der Waals surface area contributed by atoms with Crippen LogP contribution in [0.15, 0.2) is 53.6 Å². The summed E-state index contributed by atoms with van der Waals surface area (Å²) in [5.74, 6) is -0.373. The fraction of sp³-hybridized carbons (Fsp3) is 0.464. The van der Waals surface area contributed by atoms with Crippen molar-refractivity contribution in [1.82, 2.24) is 10.6 Å². The molecule has 218 valence electrons. The number of nitrogens with two attached hydrogens (primary N) is 1. The van der Waals surface area contributed by atoms with Crippen LogP contribution in [-0.4, -0.2) is 48.9 Å². The molecule has 0 saturated carbocycles. The number of nitrogens with one attached hydrogen (secondary N) is 3. The zero-order valence-electron chi connectivity index (χ0n) is 24.1. The lowest BCUT2D eigenvalue weighted by molar-refractivity contribution is -0.114. The number of rotatable bonds is 9. The first-order valence-corrected chi connectivity index (χ1v) is 12.8. The molecule has 0 aliphatic carbocycles. The molecule has 0 unspecified atom stereocenters. The lowest BCUT2D eigenvalue weighted by Gasteiger charge is -2.19. The van der Waals surface area contributed by atoms with Gasteiger partial charge >= 0.3 is 12.2 Å². The minimum absolute atomic E-state index is 0.238. The first-order chi connectivity index (χ1) is 18.7. The van der Waals surface area contributed by atoms with E-state index in [0.717, 1.165) is 23.2 Å². The van der Waals surface area contributed by atoms with Crippen molar-refractivity contribution in [2.75, 3.05) is 30.7 Å². The van der Waals surface area contributed by atoms with Gasteiger partial charge in [-0.15, -0.1) is 0 Å². The van der Waals surface area contributed by atoms with Crippen molar-refractivity contribution >= 4 is 29.5 Å². The van der Waals surface area contributed by atoms with Crippen LogP contribution in [0.5, 0.6) is 0 Å². The minimum Gasteiger partial charge on any atom is -0.444 e. The fourth-order valence-electron chi connectivity index (χ4n) is 2.98. The summed E-state index contributed by atoms with van der Waals surface area (Å²) in [4.78, 5) is 36.7. The molecule has 0 aliphatic heterocycles. The Kier molecular flexibility index (Phi) is 13.9. The largest absolute Gasteiger partial charge is 0.444 e. The molecule has 0 spiro atoms. The second kappa shape index (κ2) is 16.5. The standard InChI is InChI=1S/C15H21N5O3.C13H20N2O2/c1-15(2,3)23-14(22)17-9-8-11-4-6-12(7-5-11)19-13(21)10-18-20-16;1-13(2,3)17-12(16)15-9-8-10-4-6-11(14)7-5-10/h4-7H,8-10H2,1-3H3,(H,17,22)(H,19,21);4-7H,8-9,14H2,1-3H3,(H,15,16). The van der Waals surface area contributed by atoms with Gasteiger partial charge in [0.15, 0.2) is 0 Å². The van der Waals surface area contributed by atoms with E-state index in [1.54, 1.807) is 12.1 Å². The molecule has 12 heteroatoms. The topological polar surface area (TPSA) is 181 Å². The van der Waals surface area contributed by atoms with Gasteiger partial charge in [-0.3, -0.25) is 4.79 Å². The third-order valence-electron chi connectivity index (χ3n) is 4.66. The number of hydrogen-bond acceptors (Lipinski definition) is 7. The van der Waals surface area contributed by atoms with Crippen molar-refractivity contribution in [3.05, 3.63) is 70.1 Å². The van der Waals surface area contributed by atoms with Gasteiger partial charge in [0.25, 0.3) is 0 Å². The quantitative estimate of drug-likeness (QED) is 0.140. The summed E-state index contributed by atoms with van der Waals surface area (Å²) in [7, 11) is 0. The van der Waals surface area contributed by atoms with E-state index in [1.165, 1.54) is 0 Å². The molecule has 0 saturated heterocycles. The van der Waals surface area contributed by atoms with E-state index < -0.39 is 17.3 Å². The highest BCUT2D eigenvalue weighted by Crippen LogP contribution is 2.11. The number of carbonyl (C=O) groups excluding carboxylic acids is 3. The van der Waals surface area contributed by atoms with E-state index in [0.29, 0.717) is 25.2 Å². The fourth-order valence-corrected chi connectivity index (χ4v) is 2.98. The van der Waals surface area contributed by atoms with Gasteiger partial charge < -0.3 is 31.2 Å². The molecular formula is C28H41N7O5. The van der Waals surface area contributed by atoms with Crippen LogP contribution in [0.25, 0.3) is 10.4 Å². The SMILES string of the molecule is CC(C)(C)OC(=O)NCCc1ccc(N)cc1.CC(C)(C)OC(=O)NCCc1ccc(NC(=O)CN=[N+]=[N-])cc1. The van der Waals surface area contributed by atoms with Gasteiger partial charge in [-0.05, 0) is 95.3 Å². The molecule has 0 radical (unpaired) electrons. The summed E-state index contributed by atoms with van der Waals surface area (Å²) in [6.07, 6.45) is 0.582. The third kappa shape index (κ3) is 17.1. The Hall–Kier alpha value is -4.44. The van der Waals surface area contributed by atoms with Crippen molar-refractivity contribution in [2.45, 2.75) is 65.6 Å². The van der Waals surface area contributed by atoms with E-state index in [1.807, 2.05) is 77.9 Å². The Morgan fingerprint density at radius 2 is 1.23 bits per heavy atom. The molecule has 3 amide bonds. The molecule has 0 aromatic heterocycles. The normalized spacial score (nSPS) is 10.7.